The Balaban J connectivity index is 0.000000525. The van der Waals surface area contributed by atoms with Gasteiger partial charge in [0.15, 0.2) is 0 Å². The van der Waals surface area contributed by atoms with E-state index in [4.69, 9.17) is 27.8 Å². The molecule has 5 aromatic heterocycles. The van der Waals surface area contributed by atoms with Crippen LogP contribution in [0.4, 0.5) is 9.59 Å². The molecule has 4 aliphatic heterocycles. The number of esters is 1. The number of carboxylic acid groups (broad SMARTS) is 1. The van der Waals surface area contributed by atoms with E-state index in [0.717, 1.165) is 130 Å². The van der Waals surface area contributed by atoms with E-state index in [2.05, 4.69) is 89.7 Å². The van der Waals surface area contributed by atoms with E-state index in [1.54, 1.807) is 88.1 Å². The minimum Gasteiger partial charge on any atom is -0.793 e. The van der Waals surface area contributed by atoms with Gasteiger partial charge in [0.2, 0.25) is 5.97 Å². The molecule has 0 bridgehead atoms. The number of amides is 5. The van der Waals surface area contributed by atoms with Gasteiger partial charge in [-0.2, -0.15) is 25.5 Å². The average molecular weight is 2120 g/mol. The predicted octanol–water partition coefficient (Wildman–Crippen LogP) is 6.33. The zero-order valence-electron chi connectivity index (χ0n) is 79.1. The van der Waals surface area contributed by atoms with Crippen molar-refractivity contribution in [1.29, 1.82) is 2.67 Å². The summed E-state index contributed by atoms with van der Waals surface area (Å²) in [7, 11) is 9.97. The number of aromatic amines is 1. The summed E-state index contributed by atoms with van der Waals surface area (Å²) < 4.78 is 37.6. The minimum atomic E-state index is -0.902. The third-order valence-electron chi connectivity index (χ3n) is 18.7. The van der Waals surface area contributed by atoms with Crippen LogP contribution in [0.5, 0.6) is 0 Å². The van der Waals surface area contributed by atoms with Crippen molar-refractivity contribution in [3.63, 3.8) is 0 Å². The number of likely N-dealkylation sites (N-methyl/N-ethyl adjacent to an activating group) is 2. The van der Waals surface area contributed by atoms with Crippen LogP contribution in [0.15, 0.2) is 214 Å². The molecule has 132 heavy (non-hydrogen) atoms. The van der Waals surface area contributed by atoms with Gasteiger partial charge in [-0.1, -0.05) is 76.6 Å². The molecule has 0 spiro atoms. The van der Waals surface area contributed by atoms with Crippen molar-refractivity contribution in [2.45, 2.75) is 155 Å². The van der Waals surface area contributed by atoms with E-state index in [1.807, 2.05) is 226 Å². The van der Waals surface area contributed by atoms with Crippen molar-refractivity contribution in [2.24, 2.45) is 5.73 Å². The molecule has 0 saturated carbocycles. The molecule has 0 unspecified atom stereocenters. The minimum absolute atomic E-state index is 0. The Morgan fingerprint density at radius 2 is 0.894 bits per heavy atom. The van der Waals surface area contributed by atoms with E-state index in [-0.39, 0.29) is 109 Å². The molecule has 4 radical (unpaired) electrons. The molecule has 4 fully saturated rings. The fraction of sp³-hybridized carbons (Fsp3) is 0.385. The summed E-state index contributed by atoms with van der Waals surface area (Å²) in [5.41, 5.74) is 13.3. The van der Waals surface area contributed by atoms with Crippen molar-refractivity contribution >= 4 is 98.9 Å². The van der Waals surface area contributed by atoms with Crippen LogP contribution in [0, 0.1) is 31.1 Å². The number of H-pyrrole nitrogens is 1. The summed E-state index contributed by atoms with van der Waals surface area (Å²) in [4.78, 5) is 134. The van der Waals surface area contributed by atoms with Crippen LogP contribution in [0.3, 0.4) is 0 Å². The van der Waals surface area contributed by atoms with Crippen molar-refractivity contribution in [1.82, 2.24) is 84.9 Å². The van der Waals surface area contributed by atoms with Gasteiger partial charge in [-0.05, 0) is 202 Å². The third-order valence-corrected chi connectivity index (χ3v) is 19.3. The number of ether oxygens (including phenoxy) is 3. The first-order valence-corrected chi connectivity index (χ1v) is 42.4. The molecular formula is C91H120B2BrN18NaO18U. The number of halogens is 1. The largest absolute Gasteiger partial charge is 1.00 e. The van der Waals surface area contributed by atoms with E-state index in [9.17, 15) is 47.9 Å². The van der Waals surface area contributed by atoms with Gasteiger partial charge in [0.25, 0.3) is 17.7 Å². The first-order chi connectivity index (χ1) is 63.0. The van der Waals surface area contributed by atoms with Gasteiger partial charge in [0.1, 0.15) is 18.0 Å². The standard InChI is InChI=1S/C20H26N4O3.2C16H20N4O.C11H10N2O2.C9H9BrO2.C9H18N2O2.C4H6O4.C3H4N2.C2H3BO2.CH2O.BH2.Na.U/c1-20(2,3)27-19(26)23-12-9-17(14-23)22-18(25)16-7-5-15(6-8-16)13-24-11-4-10-21-24;2*1-19(15-7-9-17-11-15)16(21)14-5-3-13(4-6-14)12-20-10-2-8-18-20;14-11(15)10-4-2-9(3-5-10)8-13-7-1-6-12-13;1-12-9(11)8-4-2-7(6-10)3-5-8;1-9(2,3)13-8(12)11-5-4-7(10)6-11;1-3(5)7-8-4(2)6;1-2-4-5-3-1;1-2(4)5-3;1-2;;;/h4-8,10-11,17H,9,12-14H2,1-3H3,(H,22,25);2*2-6,8,10,15,17H,7,9,11-12H2,1H3;1-7H,8H2,(H,14,15);2-5H,6H2,1H3;7H,4-6,10H2,1-3H3;1-2H3;1-3H,(H,4,5);1H3;1H2;1H2;;/q;;;;;;;;-1;;;+1;/t17-;2*15-;;;7-;;;;;;;/m111..1......./s1/i;;;;;;;;;;1T2;;. The Labute approximate surface area is 830 Å². The van der Waals surface area contributed by atoms with Gasteiger partial charge < -0.3 is 78.1 Å². The maximum absolute atomic E-state index is 12.5. The number of aromatic carboxylic acids is 1. The van der Waals surface area contributed by atoms with Gasteiger partial charge in [-0.25, -0.2) is 38.5 Å². The third kappa shape index (κ3) is 46.2. The topological polar surface area (TPSA) is 438 Å². The molecule has 4 saturated heterocycles. The second kappa shape index (κ2) is 62.9. The van der Waals surface area contributed by atoms with E-state index < -0.39 is 35.1 Å². The molecule has 41 heteroatoms. The Morgan fingerprint density at radius 1 is 0.545 bits per heavy atom. The van der Waals surface area contributed by atoms with E-state index >= 15 is 0 Å². The molecule has 5 amide bonds. The summed E-state index contributed by atoms with van der Waals surface area (Å²) in [5, 5.41) is 41.9. The Kier molecular flexibility index (Phi) is 53.8. The van der Waals surface area contributed by atoms with Crippen molar-refractivity contribution in [2.75, 3.05) is 73.6 Å². The number of carbonyl (C=O) groups excluding carboxylic acids is 10. The Bertz CT molecular complexity index is 4830. The maximum atomic E-state index is 12.5. The molecule has 7 N–H and O–H groups in total. The number of aromatic nitrogens is 10. The van der Waals surface area contributed by atoms with Crippen molar-refractivity contribution in [3.8, 4) is 0 Å². The van der Waals surface area contributed by atoms with E-state index in [1.165, 1.54) is 14.0 Å². The quantitative estimate of drug-likeness (QED) is 0.0145. The molecule has 9 heterocycles. The smallest absolute Gasteiger partial charge is 0.793 e. The number of methoxy groups -OCH3 is 1. The van der Waals surface area contributed by atoms with Crippen LogP contribution in [0.1, 0.15) is 168 Å². The molecule has 0 aliphatic carbocycles. The number of carbonyl (C=O) groups is 11. The molecule has 700 valence electrons. The van der Waals surface area contributed by atoms with Crippen LogP contribution in [-0.2, 0) is 79.3 Å². The molecule has 36 nitrogen and oxygen atoms in total. The van der Waals surface area contributed by atoms with Gasteiger partial charge in [-0.3, -0.25) is 43.0 Å². The number of nitrogens with two attached hydrogens (primary N) is 1. The van der Waals surface area contributed by atoms with Crippen LogP contribution < -0.4 is 51.2 Å². The van der Waals surface area contributed by atoms with Gasteiger partial charge in [0, 0.05) is 213 Å². The molecular weight excluding hydrogens is 2000 g/mol. The number of rotatable bonds is 17. The maximum Gasteiger partial charge on any atom is 1.00 e. The molecule has 10 aromatic rings. The number of hydrogen-bond donors (Lipinski definition) is 6. The summed E-state index contributed by atoms with van der Waals surface area (Å²) in [6.07, 6.45) is 21.1. The molecule has 4 atom stereocenters. The second-order valence-electron chi connectivity index (χ2n) is 31.2. The first-order valence-electron chi connectivity index (χ1n) is 42.4. The van der Waals surface area contributed by atoms with Gasteiger partial charge >= 0.3 is 65.6 Å². The Hall–Kier alpha value is -11.3. The van der Waals surface area contributed by atoms with Crippen LogP contribution in [-0.4, -0.2) is 269 Å². The van der Waals surface area contributed by atoms with Crippen LogP contribution in [0.25, 0.3) is 0 Å². The number of carboxylic acids is 1. The summed E-state index contributed by atoms with van der Waals surface area (Å²) in [6.45, 7) is 25.6. The fourth-order valence-electron chi connectivity index (χ4n) is 12.1. The number of nitrogens with one attached hydrogen (secondary N) is 4. The van der Waals surface area contributed by atoms with Crippen molar-refractivity contribution < 1.29 is 147 Å². The van der Waals surface area contributed by atoms with Gasteiger partial charge in [0.05, 0.1) is 52.8 Å². The van der Waals surface area contributed by atoms with Crippen LogP contribution in [0.2, 0.25) is 0 Å². The molecule has 14 rings (SSSR count). The van der Waals surface area contributed by atoms with Gasteiger partial charge in [-0.15, -0.1) is 0 Å². The molecule has 5 aromatic carbocycles. The second-order valence-corrected chi connectivity index (χ2v) is 31.8. The fourth-order valence-corrected chi connectivity index (χ4v) is 12.5. The zero-order chi connectivity index (χ0) is 97.6. The average Bonchev–Trinajstić information content (AvgIpc) is 1.52. The Morgan fingerprint density at radius 3 is 1.17 bits per heavy atom. The number of alkyl halides is 1. The first kappa shape index (κ1) is 113. The zero-order valence-corrected chi connectivity index (χ0v) is 84.8. The number of likely N-dealkylation sites (tertiary alicyclic amines) is 2. The van der Waals surface area contributed by atoms with E-state index in [0.29, 0.717) is 69.8 Å². The summed E-state index contributed by atoms with van der Waals surface area (Å²) in [5.74, 6) is -2.89. The number of benzene rings is 5. The molecule has 4 aliphatic rings. The number of hydrogen-bond acceptors (Lipinski definition) is 25. The predicted molar refractivity (Wildman–Crippen MR) is 495 cm³/mol. The normalized spacial score (nSPS) is 14.7. The van der Waals surface area contributed by atoms with Crippen molar-refractivity contribution in [3.05, 3.63) is 269 Å². The SMILES string of the molecule is C=O.CC(=O)OOC(C)=O.CC(C)(C)OC(=O)N1CC[C@@H](N)C1.CC(C)(C)OC(=O)N1CC[C@@H](NC(=O)c2ccc(Cn3cccn3)cc2)C1.CN(C(=O)c1ccc(Cn2cccn2)cc1)[C@@H]1CCNC1.CN(C(=O)c1ccc(Cn2cccn2)cc1)[C@@H]1CCNC1.COC(=O)c1ccc(CBr)cc1.O=C(O)c1ccc(Cn2cccn2)cc1.[3H][B][3H].[B-]OC(C)=O.[Na+].[U].c1cn[nH]c1. The monoisotopic (exact) mass is 2120 g/mol. The summed E-state index contributed by atoms with van der Waals surface area (Å²) >= 11 is 3.32. The van der Waals surface area contributed by atoms with Crippen LogP contribution >= 0.6 is 15.9 Å². The summed E-state index contributed by atoms with van der Waals surface area (Å²) in [6, 6.07) is 47.2. The number of nitrogens with zero attached hydrogens (tertiary/aromatic N) is 13.